The van der Waals surface area contributed by atoms with E-state index in [-0.39, 0.29) is 6.10 Å². The Morgan fingerprint density at radius 1 is 1.62 bits per heavy atom. The highest BCUT2D eigenvalue weighted by Gasteiger charge is 2.32. The van der Waals surface area contributed by atoms with Crippen molar-refractivity contribution in [3.63, 3.8) is 0 Å². The lowest BCUT2D eigenvalue weighted by molar-refractivity contribution is -0.144. The highest BCUT2D eigenvalue weighted by molar-refractivity contribution is 5.82. The Morgan fingerprint density at radius 2 is 2.31 bits per heavy atom. The Balaban J connectivity index is 2.17. The molecule has 0 radical (unpaired) electrons. The number of hydrogen-bond acceptors (Lipinski definition) is 5. The van der Waals surface area contributed by atoms with Gasteiger partial charge in [-0.25, -0.2) is 4.79 Å². The second kappa shape index (κ2) is 5.32. The fraction of sp³-hybridized carbons (Fsp3) is 0.727. The van der Waals surface area contributed by atoms with Crippen LogP contribution in [0.1, 0.15) is 27.2 Å². The van der Waals surface area contributed by atoms with E-state index in [1.54, 1.807) is 6.92 Å². The summed E-state index contributed by atoms with van der Waals surface area (Å²) in [7, 11) is 0. The van der Waals surface area contributed by atoms with Crippen LogP contribution in [0.3, 0.4) is 0 Å². The molecule has 1 unspecified atom stereocenters. The van der Waals surface area contributed by atoms with Crippen LogP contribution in [0.15, 0.2) is 11.8 Å². The zero-order chi connectivity index (χ0) is 12.2. The molecule has 1 saturated heterocycles. The minimum absolute atomic E-state index is 0.00856. The molecule has 0 amide bonds. The van der Waals surface area contributed by atoms with Crippen molar-refractivity contribution in [2.75, 3.05) is 13.2 Å². The first-order chi connectivity index (χ1) is 7.39. The molecule has 1 rings (SSSR count). The van der Waals surface area contributed by atoms with Crippen LogP contribution < -0.4 is 5.73 Å². The molecule has 1 aliphatic rings. The van der Waals surface area contributed by atoms with Crippen LogP contribution in [0.5, 0.6) is 0 Å². The van der Waals surface area contributed by atoms with Gasteiger partial charge in [-0.15, -0.1) is 0 Å². The van der Waals surface area contributed by atoms with Gasteiger partial charge in [-0.2, -0.15) is 0 Å². The van der Waals surface area contributed by atoms with Gasteiger partial charge in [-0.05, 0) is 20.8 Å². The van der Waals surface area contributed by atoms with Crippen LogP contribution in [0, 0.1) is 0 Å². The number of ether oxygens (including phenoxy) is 3. The van der Waals surface area contributed by atoms with Crippen molar-refractivity contribution in [3.8, 4) is 0 Å². The molecule has 5 heteroatoms. The van der Waals surface area contributed by atoms with E-state index >= 15 is 0 Å². The molecule has 1 fully saturated rings. The maximum Gasteiger partial charge on any atom is 0.332 e. The number of carbonyl (C=O) groups is 1. The molecule has 16 heavy (non-hydrogen) atoms. The minimum Gasteiger partial charge on any atom is -0.462 e. The Kier molecular flexibility index (Phi) is 4.32. The summed E-state index contributed by atoms with van der Waals surface area (Å²) in [6.07, 6.45) is 1.88. The van der Waals surface area contributed by atoms with E-state index in [1.165, 1.54) is 6.08 Å². The predicted molar refractivity (Wildman–Crippen MR) is 58.4 cm³/mol. The maximum atomic E-state index is 11.1. The Hall–Kier alpha value is -1.07. The Morgan fingerprint density at radius 3 is 2.81 bits per heavy atom. The van der Waals surface area contributed by atoms with E-state index < -0.39 is 11.8 Å². The lowest BCUT2D eigenvalue weighted by Gasteiger charge is -2.16. The molecule has 0 saturated carbocycles. The molecule has 92 valence electrons. The van der Waals surface area contributed by atoms with E-state index in [4.69, 9.17) is 19.9 Å². The van der Waals surface area contributed by atoms with Crippen molar-refractivity contribution >= 4 is 5.97 Å². The zero-order valence-electron chi connectivity index (χ0n) is 9.99. The van der Waals surface area contributed by atoms with Crippen molar-refractivity contribution in [2.24, 2.45) is 5.73 Å². The third-order valence-electron chi connectivity index (χ3n) is 2.10. The number of rotatable bonds is 4. The highest BCUT2D eigenvalue weighted by atomic mass is 16.7. The van der Waals surface area contributed by atoms with Gasteiger partial charge in [0, 0.05) is 18.2 Å². The van der Waals surface area contributed by atoms with Gasteiger partial charge in [0.25, 0.3) is 0 Å². The normalized spacial score (nSPS) is 24.4. The Labute approximate surface area is 95.5 Å². The number of esters is 1. The summed E-state index contributed by atoms with van der Waals surface area (Å²) in [5, 5.41) is 0. The van der Waals surface area contributed by atoms with Crippen LogP contribution in [-0.4, -0.2) is 31.1 Å². The van der Waals surface area contributed by atoms with Crippen molar-refractivity contribution < 1.29 is 19.0 Å². The largest absolute Gasteiger partial charge is 0.462 e. The second-order valence-electron chi connectivity index (χ2n) is 4.30. The van der Waals surface area contributed by atoms with Crippen LogP contribution in [0.25, 0.3) is 0 Å². The third-order valence-corrected chi connectivity index (χ3v) is 2.10. The molecule has 5 nitrogen and oxygen atoms in total. The average Bonchev–Trinajstić information content (AvgIpc) is 2.44. The molecule has 0 bridgehead atoms. The topological polar surface area (TPSA) is 70.8 Å². The molecule has 0 spiro atoms. The monoisotopic (exact) mass is 229 g/mol. The lowest BCUT2D eigenvalue weighted by atomic mass is 10.3. The van der Waals surface area contributed by atoms with Gasteiger partial charge in [-0.1, -0.05) is 0 Å². The highest BCUT2D eigenvalue weighted by Crippen LogP contribution is 2.23. The quantitative estimate of drug-likeness (QED) is 0.573. The zero-order valence-corrected chi connectivity index (χ0v) is 9.99. The molecule has 0 aromatic carbocycles. The van der Waals surface area contributed by atoms with Gasteiger partial charge in [0.05, 0.1) is 19.3 Å². The minimum atomic E-state index is -0.525. The number of allylic oxidation sites excluding steroid dienone is 1. The summed E-state index contributed by atoms with van der Waals surface area (Å²) in [6.45, 7) is 6.21. The molecular formula is C11H19NO4. The van der Waals surface area contributed by atoms with Crippen molar-refractivity contribution in [1.29, 1.82) is 0 Å². The standard InChI is InChI=1S/C11H19NO4/c1-8(12)6-10(13)14-5-4-9-7-15-11(2,3)16-9/h6,9H,4-5,7,12H2,1-3H3/b8-6-. The van der Waals surface area contributed by atoms with Gasteiger partial charge < -0.3 is 19.9 Å². The fourth-order valence-electron chi connectivity index (χ4n) is 1.42. The van der Waals surface area contributed by atoms with E-state index in [0.29, 0.717) is 25.3 Å². The summed E-state index contributed by atoms with van der Waals surface area (Å²) in [4.78, 5) is 11.1. The summed E-state index contributed by atoms with van der Waals surface area (Å²) >= 11 is 0. The lowest BCUT2D eigenvalue weighted by Crippen LogP contribution is -2.22. The van der Waals surface area contributed by atoms with E-state index in [0.717, 1.165) is 0 Å². The van der Waals surface area contributed by atoms with Gasteiger partial charge in [0.2, 0.25) is 0 Å². The molecular weight excluding hydrogens is 210 g/mol. The van der Waals surface area contributed by atoms with E-state index in [1.807, 2.05) is 13.8 Å². The molecule has 1 atom stereocenters. The summed E-state index contributed by atoms with van der Waals surface area (Å²) in [6, 6.07) is 0. The number of hydrogen-bond donors (Lipinski definition) is 1. The third kappa shape index (κ3) is 4.63. The SMILES string of the molecule is C/C(N)=C/C(=O)OCCC1COC(C)(C)O1. The van der Waals surface area contributed by atoms with E-state index in [2.05, 4.69) is 0 Å². The first kappa shape index (κ1) is 13.0. The second-order valence-corrected chi connectivity index (χ2v) is 4.30. The number of nitrogens with two attached hydrogens (primary N) is 1. The first-order valence-electron chi connectivity index (χ1n) is 5.31. The molecule has 0 aliphatic carbocycles. The molecule has 2 N–H and O–H groups in total. The van der Waals surface area contributed by atoms with Crippen molar-refractivity contribution in [2.45, 2.75) is 39.1 Å². The maximum absolute atomic E-state index is 11.1. The van der Waals surface area contributed by atoms with Crippen molar-refractivity contribution in [3.05, 3.63) is 11.8 Å². The van der Waals surface area contributed by atoms with Gasteiger partial charge in [0.1, 0.15) is 0 Å². The van der Waals surface area contributed by atoms with Gasteiger partial charge in [-0.3, -0.25) is 0 Å². The molecule has 0 aromatic heterocycles. The first-order valence-corrected chi connectivity index (χ1v) is 5.31. The predicted octanol–water partition coefficient (Wildman–Crippen LogP) is 0.934. The summed E-state index contributed by atoms with van der Waals surface area (Å²) < 4.78 is 15.9. The van der Waals surface area contributed by atoms with Gasteiger partial charge >= 0.3 is 5.97 Å². The molecule has 0 aromatic rings. The Bertz CT molecular complexity index is 282. The van der Waals surface area contributed by atoms with Crippen LogP contribution >= 0.6 is 0 Å². The van der Waals surface area contributed by atoms with Crippen molar-refractivity contribution in [1.82, 2.24) is 0 Å². The van der Waals surface area contributed by atoms with Crippen LogP contribution in [0.2, 0.25) is 0 Å². The van der Waals surface area contributed by atoms with Gasteiger partial charge in [0.15, 0.2) is 5.79 Å². The average molecular weight is 229 g/mol. The summed E-state index contributed by atoms with van der Waals surface area (Å²) in [5.74, 6) is -0.944. The van der Waals surface area contributed by atoms with E-state index in [9.17, 15) is 4.79 Å². The van der Waals surface area contributed by atoms with Crippen LogP contribution in [-0.2, 0) is 19.0 Å². The van der Waals surface area contributed by atoms with Crippen LogP contribution in [0.4, 0.5) is 0 Å². The molecule has 1 heterocycles. The summed E-state index contributed by atoms with van der Waals surface area (Å²) in [5.41, 5.74) is 5.77. The fourth-order valence-corrected chi connectivity index (χ4v) is 1.42. The number of carbonyl (C=O) groups excluding carboxylic acids is 1. The smallest absolute Gasteiger partial charge is 0.332 e. The molecule has 1 aliphatic heterocycles.